The fraction of sp³-hybridized carbons (Fsp3) is 0.391. The first kappa shape index (κ1) is 22.6. The van der Waals surface area contributed by atoms with E-state index in [1.165, 1.54) is 23.8 Å². The summed E-state index contributed by atoms with van der Waals surface area (Å²) >= 11 is 6.31. The third kappa shape index (κ3) is 4.09. The van der Waals surface area contributed by atoms with E-state index in [-0.39, 0.29) is 27.9 Å². The molecular weight excluding hydrogens is 450 g/mol. The summed E-state index contributed by atoms with van der Waals surface area (Å²) in [6.07, 6.45) is 0. The Morgan fingerprint density at radius 1 is 1.00 bits per heavy atom. The molecule has 2 fully saturated rings. The van der Waals surface area contributed by atoms with Crippen LogP contribution in [0.2, 0.25) is 5.02 Å². The van der Waals surface area contributed by atoms with Crippen molar-refractivity contribution in [2.75, 3.05) is 41.1 Å². The van der Waals surface area contributed by atoms with Crippen molar-refractivity contribution in [1.82, 2.24) is 4.90 Å². The molecule has 170 valence electrons. The molecule has 2 aromatic rings. The van der Waals surface area contributed by atoms with Crippen LogP contribution in [0.25, 0.3) is 0 Å². The van der Waals surface area contributed by atoms with Crippen molar-refractivity contribution in [2.45, 2.75) is 20.8 Å². The van der Waals surface area contributed by atoms with Crippen LogP contribution >= 0.6 is 11.6 Å². The summed E-state index contributed by atoms with van der Waals surface area (Å²) in [5, 5.41) is 0.225. The largest absolute Gasteiger partial charge is 0.368 e. The van der Waals surface area contributed by atoms with Crippen LogP contribution in [0.3, 0.4) is 0 Å². The number of hydrogen-bond acceptors (Lipinski definition) is 5. The fourth-order valence-corrected chi connectivity index (χ4v) is 6.53. The van der Waals surface area contributed by atoms with Crippen molar-refractivity contribution in [2.24, 2.45) is 5.41 Å². The van der Waals surface area contributed by atoms with Crippen LogP contribution in [-0.2, 0) is 14.8 Å². The molecule has 2 heterocycles. The van der Waals surface area contributed by atoms with Gasteiger partial charge in [-0.1, -0.05) is 23.7 Å². The van der Waals surface area contributed by atoms with Gasteiger partial charge in [0.1, 0.15) is 0 Å². The number of nitrogens with zero attached hydrogens (tertiary/aromatic N) is 3. The van der Waals surface area contributed by atoms with E-state index in [0.717, 1.165) is 9.99 Å². The van der Waals surface area contributed by atoms with E-state index in [9.17, 15) is 18.0 Å². The predicted octanol–water partition coefficient (Wildman–Crippen LogP) is 3.31. The highest BCUT2D eigenvalue weighted by atomic mass is 35.5. The highest BCUT2D eigenvalue weighted by molar-refractivity contribution is 7.94. The van der Waals surface area contributed by atoms with Crippen LogP contribution in [0, 0.1) is 12.3 Å². The fourth-order valence-electron chi connectivity index (χ4n) is 4.23. The van der Waals surface area contributed by atoms with Gasteiger partial charge >= 0.3 is 0 Å². The molecule has 2 amide bonds. The zero-order valence-corrected chi connectivity index (χ0v) is 19.9. The van der Waals surface area contributed by atoms with Gasteiger partial charge < -0.3 is 9.80 Å². The van der Waals surface area contributed by atoms with E-state index < -0.39 is 21.3 Å². The summed E-state index contributed by atoms with van der Waals surface area (Å²) in [6.45, 7) is 7.64. The molecule has 0 unspecified atom stereocenters. The smallest absolute Gasteiger partial charge is 0.255 e. The third-order valence-electron chi connectivity index (χ3n) is 5.93. The average molecular weight is 476 g/mol. The van der Waals surface area contributed by atoms with Crippen molar-refractivity contribution in [1.29, 1.82) is 0 Å². The van der Waals surface area contributed by atoms with Crippen molar-refractivity contribution >= 4 is 44.8 Å². The molecule has 0 radical (unpaired) electrons. The Morgan fingerprint density at radius 3 is 2.28 bits per heavy atom. The Hall–Kier alpha value is -2.58. The summed E-state index contributed by atoms with van der Waals surface area (Å²) in [7, 11) is -3.81. The molecule has 0 aliphatic carbocycles. The zero-order chi connectivity index (χ0) is 23.3. The summed E-state index contributed by atoms with van der Waals surface area (Å²) in [5.41, 5.74) is 1.62. The summed E-state index contributed by atoms with van der Waals surface area (Å²) in [4.78, 5) is 29.9. The van der Waals surface area contributed by atoms with Gasteiger partial charge in [-0.3, -0.25) is 9.59 Å². The number of benzene rings is 2. The maximum atomic E-state index is 13.2. The van der Waals surface area contributed by atoms with Crippen LogP contribution in [0.1, 0.15) is 29.8 Å². The lowest BCUT2D eigenvalue weighted by Gasteiger charge is -2.36. The number of aryl methyl sites for hydroxylation is 1. The SMILES string of the molecule is Cc1cccc(N2CCN(C(=O)c3cc(N4C(=O)C(C)(C)CS4(=O)=O)ccc3Cl)CC2)c1. The molecule has 2 aromatic carbocycles. The Bertz CT molecular complexity index is 1190. The number of halogens is 1. The average Bonchev–Trinajstić information content (AvgIpc) is 2.90. The number of anilines is 2. The van der Waals surface area contributed by atoms with Gasteiger partial charge in [-0.2, -0.15) is 0 Å². The normalized spacial score (nSPS) is 20.0. The van der Waals surface area contributed by atoms with Gasteiger partial charge in [-0.25, -0.2) is 12.7 Å². The van der Waals surface area contributed by atoms with E-state index >= 15 is 0 Å². The number of hydrogen-bond donors (Lipinski definition) is 0. The van der Waals surface area contributed by atoms with Gasteiger partial charge in [0.15, 0.2) is 0 Å². The Morgan fingerprint density at radius 2 is 1.69 bits per heavy atom. The molecule has 4 rings (SSSR count). The monoisotopic (exact) mass is 475 g/mol. The Labute approximate surface area is 193 Å². The highest BCUT2D eigenvalue weighted by Crippen LogP contribution is 2.37. The maximum absolute atomic E-state index is 13.2. The lowest BCUT2D eigenvalue weighted by Crippen LogP contribution is -2.48. The lowest BCUT2D eigenvalue weighted by atomic mass is 9.95. The van der Waals surface area contributed by atoms with Crippen LogP contribution in [-0.4, -0.2) is 57.1 Å². The van der Waals surface area contributed by atoms with Crippen molar-refractivity contribution in [3.05, 3.63) is 58.6 Å². The predicted molar refractivity (Wildman–Crippen MR) is 126 cm³/mol. The minimum atomic E-state index is -3.81. The Kier molecular flexibility index (Phi) is 5.71. The van der Waals surface area contributed by atoms with Crippen LogP contribution in [0.15, 0.2) is 42.5 Å². The number of amides is 2. The molecule has 0 saturated carbocycles. The second kappa shape index (κ2) is 8.08. The first-order chi connectivity index (χ1) is 15.0. The van der Waals surface area contributed by atoms with Gasteiger partial charge in [0.05, 0.1) is 27.4 Å². The number of piperazine rings is 1. The molecule has 2 aliphatic heterocycles. The zero-order valence-electron chi connectivity index (χ0n) is 18.3. The Balaban J connectivity index is 1.55. The second-order valence-electron chi connectivity index (χ2n) is 8.99. The van der Waals surface area contributed by atoms with Crippen LogP contribution in [0.4, 0.5) is 11.4 Å². The van der Waals surface area contributed by atoms with E-state index in [4.69, 9.17) is 11.6 Å². The number of carbonyl (C=O) groups excluding carboxylic acids is 2. The summed E-state index contributed by atoms with van der Waals surface area (Å²) in [5.74, 6) is -1.06. The number of sulfonamides is 1. The molecule has 0 bridgehead atoms. The summed E-state index contributed by atoms with van der Waals surface area (Å²) in [6, 6.07) is 12.6. The van der Waals surface area contributed by atoms with Gasteiger partial charge in [0, 0.05) is 31.9 Å². The van der Waals surface area contributed by atoms with Gasteiger partial charge in [0.2, 0.25) is 15.9 Å². The minimum absolute atomic E-state index is 0.145. The second-order valence-corrected chi connectivity index (χ2v) is 11.2. The lowest BCUT2D eigenvalue weighted by molar-refractivity contribution is -0.123. The van der Waals surface area contributed by atoms with Gasteiger partial charge in [-0.15, -0.1) is 0 Å². The molecule has 2 aliphatic rings. The highest BCUT2D eigenvalue weighted by Gasteiger charge is 2.50. The summed E-state index contributed by atoms with van der Waals surface area (Å²) < 4.78 is 26.0. The van der Waals surface area contributed by atoms with E-state index in [1.54, 1.807) is 18.7 Å². The van der Waals surface area contributed by atoms with Crippen molar-refractivity contribution in [3.8, 4) is 0 Å². The number of rotatable bonds is 3. The number of carbonyl (C=O) groups is 2. The molecule has 0 spiro atoms. The molecule has 0 aromatic heterocycles. The van der Waals surface area contributed by atoms with Crippen molar-refractivity contribution < 1.29 is 18.0 Å². The minimum Gasteiger partial charge on any atom is -0.368 e. The molecule has 0 atom stereocenters. The molecular formula is C23H26ClN3O4S. The maximum Gasteiger partial charge on any atom is 0.255 e. The molecule has 9 heteroatoms. The van der Waals surface area contributed by atoms with Gasteiger partial charge in [-0.05, 0) is 56.7 Å². The first-order valence-corrected chi connectivity index (χ1v) is 12.5. The van der Waals surface area contributed by atoms with E-state index in [0.29, 0.717) is 26.2 Å². The molecule has 7 nitrogen and oxygen atoms in total. The van der Waals surface area contributed by atoms with E-state index in [2.05, 4.69) is 17.0 Å². The topological polar surface area (TPSA) is 78.0 Å². The van der Waals surface area contributed by atoms with E-state index in [1.807, 2.05) is 19.1 Å². The van der Waals surface area contributed by atoms with Crippen LogP contribution < -0.4 is 9.21 Å². The standard InChI is InChI=1S/C23H26ClN3O4S/c1-16-5-4-6-17(13-16)25-9-11-26(12-10-25)21(28)19-14-18(7-8-20(19)24)27-22(29)23(2,3)15-32(27,30)31/h4-8,13-14H,9-12,15H2,1-3H3. The first-order valence-electron chi connectivity index (χ1n) is 10.5. The molecule has 0 N–H and O–H groups in total. The van der Waals surface area contributed by atoms with Crippen molar-refractivity contribution in [3.63, 3.8) is 0 Å². The quantitative estimate of drug-likeness (QED) is 0.680. The molecule has 2 saturated heterocycles. The third-order valence-corrected chi connectivity index (χ3v) is 8.28. The van der Waals surface area contributed by atoms with Crippen LogP contribution in [0.5, 0.6) is 0 Å². The molecule has 32 heavy (non-hydrogen) atoms. The van der Waals surface area contributed by atoms with Gasteiger partial charge in [0.25, 0.3) is 5.91 Å².